The van der Waals surface area contributed by atoms with Crippen molar-refractivity contribution in [1.82, 2.24) is 14.9 Å². The molecular formula is C18H21N5O3. The number of ether oxygens (including phenoxy) is 2. The van der Waals surface area contributed by atoms with Crippen LogP contribution >= 0.6 is 0 Å². The predicted octanol–water partition coefficient (Wildman–Crippen LogP) is 1.40. The lowest BCUT2D eigenvalue weighted by Crippen LogP contribution is -2.46. The number of nitrogens with zero attached hydrogens (tertiary/aromatic N) is 4. The molecule has 0 saturated carbocycles. The van der Waals surface area contributed by atoms with Crippen molar-refractivity contribution in [3.8, 4) is 11.5 Å². The van der Waals surface area contributed by atoms with Gasteiger partial charge in [0.25, 0.3) is 0 Å². The highest BCUT2D eigenvalue weighted by Gasteiger charge is 2.18. The number of aromatic nitrogens is 2. The summed E-state index contributed by atoms with van der Waals surface area (Å²) in [7, 11) is 0. The van der Waals surface area contributed by atoms with Gasteiger partial charge in [-0.15, -0.1) is 0 Å². The van der Waals surface area contributed by atoms with Gasteiger partial charge < -0.3 is 24.6 Å². The van der Waals surface area contributed by atoms with E-state index in [2.05, 4.69) is 20.2 Å². The Bertz CT molecular complexity index is 805. The van der Waals surface area contributed by atoms with Crippen LogP contribution in [0.2, 0.25) is 0 Å². The van der Waals surface area contributed by atoms with Crippen LogP contribution in [-0.2, 0) is 11.3 Å². The summed E-state index contributed by atoms with van der Waals surface area (Å²) in [5, 5.41) is 3.28. The van der Waals surface area contributed by atoms with Gasteiger partial charge in [-0.3, -0.25) is 4.79 Å². The molecule has 4 rings (SSSR count). The molecule has 3 heterocycles. The molecule has 1 saturated heterocycles. The molecule has 2 aliphatic heterocycles. The molecule has 1 N–H and O–H groups in total. The Morgan fingerprint density at radius 2 is 1.92 bits per heavy atom. The van der Waals surface area contributed by atoms with E-state index in [1.54, 1.807) is 4.90 Å². The monoisotopic (exact) mass is 355 g/mol. The van der Waals surface area contributed by atoms with Gasteiger partial charge in [0, 0.05) is 44.5 Å². The van der Waals surface area contributed by atoms with E-state index in [1.165, 1.54) is 0 Å². The summed E-state index contributed by atoms with van der Waals surface area (Å²) in [6, 6.07) is 7.84. The summed E-state index contributed by atoms with van der Waals surface area (Å²) in [5.74, 6) is 3.02. The number of hydrogen-bond donors (Lipinski definition) is 1. The molecule has 1 aromatic carbocycles. The molecule has 8 nitrogen and oxygen atoms in total. The van der Waals surface area contributed by atoms with Gasteiger partial charge in [0.1, 0.15) is 5.82 Å². The Morgan fingerprint density at radius 3 is 2.73 bits per heavy atom. The number of aryl methyl sites for hydroxylation is 1. The number of fused-ring (bicyclic) bond motifs is 1. The van der Waals surface area contributed by atoms with Crippen LogP contribution in [0.25, 0.3) is 0 Å². The smallest absolute Gasteiger partial charge is 0.231 e. The van der Waals surface area contributed by atoms with Crippen molar-refractivity contribution in [3.05, 3.63) is 35.5 Å². The van der Waals surface area contributed by atoms with Gasteiger partial charge in [-0.25, -0.2) is 4.98 Å². The molecule has 136 valence electrons. The van der Waals surface area contributed by atoms with E-state index >= 15 is 0 Å². The van der Waals surface area contributed by atoms with E-state index in [0.29, 0.717) is 25.6 Å². The van der Waals surface area contributed by atoms with Crippen LogP contribution in [0.3, 0.4) is 0 Å². The average molecular weight is 355 g/mol. The summed E-state index contributed by atoms with van der Waals surface area (Å²) in [4.78, 5) is 23.9. The SMILES string of the molecule is Cc1cc(N2CCN(C=O)CC2)nc(NCc2ccc3c(c2)OCO3)n1. The highest BCUT2D eigenvalue weighted by atomic mass is 16.7. The number of hydrogen-bond acceptors (Lipinski definition) is 7. The van der Waals surface area contributed by atoms with Crippen LogP contribution in [0, 0.1) is 6.92 Å². The Labute approximate surface area is 151 Å². The number of anilines is 2. The first-order chi connectivity index (χ1) is 12.7. The van der Waals surface area contributed by atoms with Crippen molar-refractivity contribution < 1.29 is 14.3 Å². The van der Waals surface area contributed by atoms with Gasteiger partial charge >= 0.3 is 0 Å². The van der Waals surface area contributed by atoms with E-state index < -0.39 is 0 Å². The lowest BCUT2D eigenvalue weighted by molar-refractivity contribution is -0.118. The van der Waals surface area contributed by atoms with E-state index in [-0.39, 0.29) is 6.79 Å². The molecule has 1 fully saturated rings. The van der Waals surface area contributed by atoms with E-state index in [1.807, 2.05) is 31.2 Å². The van der Waals surface area contributed by atoms with Gasteiger partial charge in [-0.05, 0) is 24.6 Å². The zero-order valence-corrected chi connectivity index (χ0v) is 14.6. The number of piperazine rings is 1. The topological polar surface area (TPSA) is 79.8 Å². The van der Waals surface area contributed by atoms with Crippen molar-refractivity contribution in [2.75, 3.05) is 43.2 Å². The Hall–Kier alpha value is -3.03. The van der Waals surface area contributed by atoms with Gasteiger partial charge in [0.15, 0.2) is 11.5 Å². The first kappa shape index (κ1) is 16.4. The fourth-order valence-electron chi connectivity index (χ4n) is 3.08. The maximum atomic E-state index is 10.9. The number of nitrogens with one attached hydrogen (secondary N) is 1. The van der Waals surface area contributed by atoms with Crippen LogP contribution in [0.15, 0.2) is 24.3 Å². The van der Waals surface area contributed by atoms with Crippen LogP contribution in [0.5, 0.6) is 11.5 Å². The molecule has 26 heavy (non-hydrogen) atoms. The number of amides is 1. The quantitative estimate of drug-likeness (QED) is 0.812. The van der Waals surface area contributed by atoms with Crippen LogP contribution < -0.4 is 19.7 Å². The molecule has 1 aromatic heterocycles. The van der Waals surface area contributed by atoms with E-state index in [9.17, 15) is 4.79 Å². The Kier molecular flexibility index (Phi) is 4.47. The van der Waals surface area contributed by atoms with Crippen molar-refractivity contribution in [2.24, 2.45) is 0 Å². The normalized spacial score (nSPS) is 15.9. The summed E-state index contributed by atoms with van der Waals surface area (Å²) >= 11 is 0. The molecule has 1 amide bonds. The third-order valence-electron chi connectivity index (χ3n) is 4.52. The largest absolute Gasteiger partial charge is 0.454 e. The lowest BCUT2D eigenvalue weighted by atomic mass is 10.2. The molecule has 0 atom stereocenters. The average Bonchev–Trinajstić information content (AvgIpc) is 3.14. The maximum Gasteiger partial charge on any atom is 0.231 e. The first-order valence-electron chi connectivity index (χ1n) is 8.63. The minimum atomic E-state index is 0.272. The summed E-state index contributed by atoms with van der Waals surface area (Å²) < 4.78 is 10.7. The number of benzene rings is 1. The minimum absolute atomic E-state index is 0.272. The lowest BCUT2D eigenvalue weighted by Gasteiger charge is -2.33. The zero-order chi connectivity index (χ0) is 17.9. The molecular weight excluding hydrogens is 334 g/mol. The third-order valence-corrected chi connectivity index (χ3v) is 4.52. The van der Waals surface area contributed by atoms with Crippen molar-refractivity contribution in [1.29, 1.82) is 0 Å². The highest BCUT2D eigenvalue weighted by Crippen LogP contribution is 2.32. The fraction of sp³-hybridized carbons (Fsp3) is 0.389. The second-order valence-corrected chi connectivity index (χ2v) is 6.36. The second kappa shape index (κ2) is 7.07. The zero-order valence-electron chi connectivity index (χ0n) is 14.6. The second-order valence-electron chi connectivity index (χ2n) is 6.36. The van der Waals surface area contributed by atoms with Crippen molar-refractivity contribution >= 4 is 18.2 Å². The maximum absolute atomic E-state index is 10.9. The Balaban J connectivity index is 1.44. The van der Waals surface area contributed by atoms with Crippen LogP contribution in [0.1, 0.15) is 11.3 Å². The van der Waals surface area contributed by atoms with Gasteiger partial charge in [-0.2, -0.15) is 4.98 Å². The van der Waals surface area contributed by atoms with Gasteiger partial charge in [0.05, 0.1) is 0 Å². The molecule has 8 heteroatoms. The van der Waals surface area contributed by atoms with Gasteiger partial charge in [-0.1, -0.05) is 6.07 Å². The number of carbonyl (C=O) groups excluding carboxylic acids is 1. The Morgan fingerprint density at radius 1 is 1.12 bits per heavy atom. The van der Waals surface area contributed by atoms with E-state index in [4.69, 9.17) is 9.47 Å². The summed E-state index contributed by atoms with van der Waals surface area (Å²) in [5.41, 5.74) is 1.97. The number of carbonyl (C=O) groups is 1. The third kappa shape index (κ3) is 3.49. The van der Waals surface area contributed by atoms with Crippen LogP contribution in [0.4, 0.5) is 11.8 Å². The molecule has 0 bridgehead atoms. The molecule has 0 unspecified atom stereocenters. The van der Waals surface area contributed by atoms with Gasteiger partial charge in [0.2, 0.25) is 19.2 Å². The summed E-state index contributed by atoms with van der Waals surface area (Å²) in [6.07, 6.45) is 0.904. The molecule has 0 aliphatic carbocycles. The van der Waals surface area contributed by atoms with Crippen molar-refractivity contribution in [3.63, 3.8) is 0 Å². The first-order valence-corrected chi connectivity index (χ1v) is 8.63. The highest BCUT2D eigenvalue weighted by molar-refractivity contribution is 5.50. The predicted molar refractivity (Wildman–Crippen MR) is 96.5 cm³/mol. The van der Waals surface area contributed by atoms with Crippen LogP contribution in [-0.4, -0.2) is 54.2 Å². The molecule has 2 aliphatic rings. The standard InChI is InChI=1S/C18H21N5O3/c1-13-8-17(23-6-4-22(11-24)5-7-23)21-18(20-13)19-10-14-2-3-15-16(9-14)26-12-25-15/h2-3,8-9,11H,4-7,10,12H2,1H3,(H,19,20,21). The minimum Gasteiger partial charge on any atom is -0.454 e. The van der Waals surface area contributed by atoms with Crippen molar-refractivity contribution in [2.45, 2.75) is 13.5 Å². The summed E-state index contributed by atoms with van der Waals surface area (Å²) in [6.45, 7) is 5.80. The molecule has 0 radical (unpaired) electrons. The molecule has 2 aromatic rings. The van der Waals surface area contributed by atoms with E-state index in [0.717, 1.165) is 48.1 Å². The molecule has 0 spiro atoms. The number of rotatable bonds is 5. The fourth-order valence-corrected chi connectivity index (χ4v) is 3.08.